The summed E-state index contributed by atoms with van der Waals surface area (Å²) in [5.74, 6) is -0.207. The summed E-state index contributed by atoms with van der Waals surface area (Å²) in [6.07, 6.45) is 1.14. The lowest BCUT2D eigenvalue weighted by Gasteiger charge is -2.10. The number of H-pyrrole nitrogens is 1. The smallest absolute Gasteiger partial charge is 0.251 e. The Labute approximate surface area is 105 Å². The van der Waals surface area contributed by atoms with Gasteiger partial charge in [0.2, 0.25) is 0 Å². The largest absolute Gasteiger partial charge is 0.389 e. The van der Waals surface area contributed by atoms with Crippen LogP contribution in [0.1, 0.15) is 10.4 Å². The Hall–Kier alpha value is -1.85. The van der Waals surface area contributed by atoms with Crippen molar-refractivity contribution in [2.24, 2.45) is 0 Å². The van der Waals surface area contributed by atoms with Gasteiger partial charge in [-0.05, 0) is 23.6 Å². The van der Waals surface area contributed by atoms with Gasteiger partial charge >= 0.3 is 0 Å². The van der Waals surface area contributed by atoms with Gasteiger partial charge in [0.05, 0.1) is 12.7 Å². The van der Waals surface area contributed by atoms with Crippen molar-refractivity contribution in [1.82, 2.24) is 10.3 Å². The van der Waals surface area contributed by atoms with Gasteiger partial charge in [-0.1, -0.05) is 6.07 Å². The Morgan fingerprint density at radius 2 is 2.33 bits per heavy atom. The number of benzene rings is 1. The van der Waals surface area contributed by atoms with Crippen LogP contribution >= 0.6 is 0 Å². The fourth-order valence-corrected chi connectivity index (χ4v) is 1.75. The second kappa shape index (κ2) is 5.66. The fourth-order valence-electron chi connectivity index (χ4n) is 1.75. The highest BCUT2D eigenvalue weighted by Crippen LogP contribution is 2.13. The van der Waals surface area contributed by atoms with E-state index in [1.54, 1.807) is 12.1 Å². The average molecular weight is 248 g/mol. The number of amides is 1. The molecule has 0 saturated heterocycles. The van der Waals surface area contributed by atoms with Crippen LogP contribution in [0.4, 0.5) is 0 Å². The molecule has 0 fully saturated rings. The molecular weight excluding hydrogens is 232 g/mol. The van der Waals surface area contributed by atoms with Crippen molar-refractivity contribution >= 4 is 16.8 Å². The maximum Gasteiger partial charge on any atom is 0.251 e. The first-order valence-corrected chi connectivity index (χ1v) is 5.73. The van der Waals surface area contributed by atoms with Crippen LogP contribution in [0.15, 0.2) is 30.5 Å². The third kappa shape index (κ3) is 2.88. The molecule has 0 aliphatic heterocycles. The van der Waals surface area contributed by atoms with Crippen molar-refractivity contribution in [3.05, 3.63) is 36.0 Å². The van der Waals surface area contributed by atoms with E-state index < -0.39 is 6.10 Å². The van der Waals surface area contributed by atoms with Gasteiger partial charge in [-0.3, -0.25) is 4.79 Å². The number of hydrogen-bond acceptors (Lipinski definition) is 3. The van der Waals surface area contributed by atoms with Gasteiger partial charge < -0.3 is 20.1 Å². The number of methoxy groups -OCH3 is 1. The van der Waals surface area contributed by atoms with Crippen molar-refractivity contribution in [3.8, 4) is 0 Å². The second-order valence-corrected chi connectivity index (χ2v) is 4.10. The van der Waals surface area contributed by atoms with E-state index in [0.717, 1.165) is 10.9 Å². The lowest BCUT2D eigenvalue weighted by molar-refractivity contribution is 0.0610. The first-order chi connectivity index (χ1) is 8.70. The van der Waals surface area contributed by atoms with E-state index in [2.05, 4.69) is 10.3 Å². The molecule has 18 heavy (non-hydrogen) atoms. The van der Waals surface area contributed by atoms with Crippen molar-refractivity contribution in [1.29, 1.82) is 0 Å². The van der Waals surface area contributed by atoms with Crippen molar-refractivity contribution in [2.75, 3.05) is 20.3 Å². The van der Waals surface area contributed by atoms with Crippen molar-refractivity contribution < 1.29 is 14.6 Å². The predicted octanol–water partition coefficient (Wildman–Crippen LogP) is 0.905. The molecule has 5 nitrogen and oxygen atoms in total. The standard InChI is InChI=1S/C13H16N2O3/c1-18-8-11(16)7-15-13(17)10-3-2-9-4-5-14-12(9)6-10/h2-6,11,14,16H,7-8H2,1H3,(H,15,17). The molecule has 2 rings (SSSR count). The Kier molecular flexibility index (Phi) is 3.96. The first kappa shape index (κ1) is 12.6. The molecule has 0 spiro atoms. The number of aromatic amines is 1. The van der Waals surface area contributed by atoms with E-state index in [1.807, 2.05) is 18.3 Å². The van der Waals surface area contributed by atoms with Crippen LogP contribution in [0.2, 0.25) is 0 Å². The zero-order valence-electron chi connectivity index (χ0n) is 10.1. The van der Waals surface area contributed by atoms with E-state index >= 15 is 0 Å². The predicted molar refractivity (Wildman–Crippen MR) is 68.5 cm³/mol. The Morgan fingerprint density at radius 3 is 3.11 bits per heavy atom. The van der Waals surface area contributed by atoms with E-state index in [0.29, 0.717) is 5.56 Å². The molecule has 5 heteroatoms. The summed E-state index contributed by atoms with van der Waals surface area (Å²) in [5.41, 5.74) is 1.48. The van der Waals surface area contributed by atoms with Gasteiger partial charge in [-0.15, -0.1) is 0 Å². The number of fused-ring (bicyclic) bond motifs is 1. The Balaban J connectivity index is 1.99. The molecular formula is C13H16N2O3. The minimum atomic E-state index is -0.687. The van der Waals surface area contributed by atoms with Crippen LogP contribution in [0.25, 0.3) is 10.9 Å². The number of aliphatic hydroxyl groups is 1. The van der Waals surface area contributed by atoms with Gasteiger partial charge in [0.1, 0.15) is 0 Å². The molecule has 1 aromatic heterocycles. The van der Waals surface area contributed by atoms with Crippen LogP contribution in [0.5, 0.6) is 0 Å². The highest BCUT2D eigenvalue weighted by Gasteiger charge is 2.09. The average Bonchev–Trinajstić information content (AvgIpc) is 2.83. The third-order valence-corrected chi connectivity index (χ3v) is 2.67. The number of rotatable bonds is 5. The summed E-state index contributed by atoms with van der Waals surface area (Å²) in [4.78, 5) is 14.9. The number of aliphatic hydroxyl groups excluding tert-OH is 1. The normalized spacial score (nSPS) is 12.6. The fraction of sp³-hybridized carbons (Fsp3) is 0.308. The number of hydrogen-bond donors (Lipinski definition) is 3. The topological polar surface area (TPSA) is 74.3 Å². The van der Waals surface area contributed by atoms with Crippen LogP contribution < -0.4 is 5.32 Å². The third-order valence-electron chi connectivity index (χ3n) is 2.67. The summed E-state index contributed by atoms with van der Waals surface area (Å²) in [7, 11) is 1.50. The minimum absolute atomic E-state index is 0.176. The number of carbonyl (C=O) groups excluding carboxylic acids is 1. The molecule has 1 atom stereocenters. The molecule has 0 saturated carbocycles. The van der Waals surface area contributed by atoms with Gasteiger partial charge in [0.25, 0.3) is 5.91 Å². The molecule has 0 aliphatic carbocycles. The second-order valence-electron chi connectivity index (χ2n) is 4.10. The molecule has 96 valence electrons. The number of nitrogens with one attached hydrogen (secondary N) is 2. The van der Waals surface area contributed by atoms with E-state index in [4.69, 9.17) is 4.74 Å². The highest BCUT2D eigenvalue weighted by molar-refractivity contribution is 5.97. The van der Waals surface area contributed by atoms with E-state index in [9.17, 15) is 9.90 Å². The van der Waals surface area contributed by atoms with Crippen LogP contribution in [0.3, 0.4) is 0 Å². The zero-order valence-corrected chi connectivity index (χ0v) is 10.1. The molecule has 1 amide bonds. The molecule has 0 radical (unpaired) electrons. The van der Waals surface area contributed by atoms with Crippen LogP contribution in [0, 0.1) is 0 Å². The lowest BCUT2D eigenvalue weighted by Crippen LogP contribution is -2.34. The minimum Gasteiger partial charge on any atom is -0.389 e. The summed E-state index contributed by atoms with van der Waals surface area (Å²) in [6.45, 7) is 0.380. The van der Waals surface area contributed by atoms with E-state index in [-0.39, 0.29) is 19.1 Å². The molecule has 1 unspecified atom stereocenters. The van der Waals surface area contributed by atoms with Gasteiger partial charge in [0, 0.05) is 30.9 Å². The lowest BCUT2D eigenvalue weighted by atomic mass is 10.1. The molecule has 1 heterocycles. The zero-order chi connectivity index (χ0) is 13.0. The highest BCUT2D eigenvalue weighted by atomic mass is 16.5. The molecule has 0 bridgehead atoms. The van der Waals surface area contributed by atoms with Gasteiger partial charge in [-0.25, -0.2) is 0 Å². The van der Waals surface area contributed by atoms with Crippen molar-refractivity contribution in [2.45, 2.75) is 6.10 Å². The number of ether oxygens (including phenoxy) is 1. The van der Waals surface area contributed by atoms with Gasteiger partial charge in [0.15, 0.2) is 0 Å². The molecule has 3 N–H and O–H groups in total. The molecule has 1 aromatic carbocycles. The summed E-state index contributed by atoms with van der Waals surface area (Å²) < 4.78 is 4.78. The summed E-state index contributed by atoms with van der Waals surface area (Å²) >= 11 is 0. The first-order valence-electron chi connectivity index (χ1n) is 5.73. The maximum absolute atomic E-state index is 11.8. The summed E-state index contributed by atoms with van der Waals surface area (Å²) in [5, 5.41) is 13.2. The van der Waals surface area contributed by atoms with Crippen molar-refractivity contribution in [3.63, 3.8) is 0 Å². The summed E-state index contributed by atoms with van der Waals surface area (Å²) in [6, 6.07) is 7.37. The van der Waals surface area contributed by atoms with Crippen LogP contribution in [-0.2, 0) is 4.74 Å². The van der Waals surface area contributed by atoms with Crippen LogP contribution in [-0.4, -0.2) is 42.4 Å². The SMILES string of the molecule is COCC(O)CNC(=O)c1ccc2cc[nH]c2c1. The molecule has 2 aromatic rings. The van der Waals surface area contributed by atoms with E-state index in [1.165, 1.54) is 7.11 Å². The van der Waals surface area contributed by atoms with Gasteiger partial charge in [-0.2, -0.15) is 0 Å². The Morgan fingerprint density at radius 1 is 1.50 bits per heavy atom. The quantitative estimate of drug-likeness (QED) is 0.736. The molecule has 0 aliphatic rings. The monoisotopic (exact) mass is 248 g/mol. The number of carbonyl (C=O) groups is 1. The number of aromatic nitrogens is 1. The Bertz CT molecular complexity index is 536. The maximum atomic E-state index is 11.8.